The van der Waals surface area contributed by atoms with Crippen LogP contribution in [0.1, 0.15) is 42.5 Å². The third-order valence-corrected chi connectivity index (χ3v) is 5.88. The lowest BCUT2D eigenvalue weighted by molar-refractivity contribution is -0.0784. The molecule has 4 atom stereocenters. The van der Waals surface area contributed by atoms with Crippen molar-refractivity contribution in [3.8, 4) is 5.75 Å². The van der Waals surface area contributed by atoms with Crippen molar-refractivity contribution in [1.82, 2.24) is 5.32 Å². The number of carbonyl (C=O) groups excluding carboxylic acids is 1. The van der Waals surface area contributed by atoms with Gasteiger partial charge in [-0.25, -0.2) is 4.39 Å². The van der Waals surface area contributed by atoms with E-state index in [0.717, 1.165) is 19.1 Å². The first kappa shape index (κ1) is 14.9. The van der Waals surface area contributed by atoms with Crippen molar-refractivity contribution in [1.29, 1.82) is 0 Å². The molecule has 2 N–H and O–H groups in total. The van der Waals surface area contributed by atoms with Gasteiger partial charge in [0.1, 0.15) is 11.6 Å². The van der Waals surface area contributed by atoms with Gasteiger partial charge in [-0.05, 0) is 30.5 Å². The molecule has 5 heteroatoms. The maximum Gasteiger partial charge on any atom is 0.254 e. The lowest BCUT2D eigenvalue weighted by Crippen LogP contribution is -2.63. The summed E-state index contributed by atoms with van der Waals surface area (Å²) in [6, 6.07) is 3.63. The van der Waals surface area contributed by atoms with Gasteiger partial charge < -0.3 is 15.2 Å². The van der Waals surface area contributed by atoms with E-state index in [1.54, 1.807) is 0 Å². The zero-order valence-corrected chi connectivity index (χ0v) is 13.0. The van der Waals surface area contributed by atoms with E-state index in [2.05, 4.69) is 5.32 Å². The molecule has 0 radical (unpaired) electrons. The minimum absolute atomic E-state index is 0.0693. The standard InChI is InChI=1S/C18H22FNO3/c19-14-6-5-11(21)9-13(14)18(22)20-16-12-7-8-23-17(12)15(16)10-3-1-2-4-10/h5-6,9-10,12,15-17,21H,1-4,7-8H2,(H,20,22)/t12-,15+,16-,17-/m0/s1. The number of nitrogens with one attached hydrogen (secondary N) is 1. The van der Waals surface area contributed by atoms with Gasteiger partial charge in [-0.2, -0.15) is 0 Å². The van der Waals surface area contributed by atoms with E-state index in [0.29, 0.717) is 17.8 Å². The smallest absolute Gasteiger partial charge is 0.254 e. The van der Waals surface area contributed by atoms with Gasteiger partial charge in [0.25, 0.3) is 5.91 Å². The Morgan fingerprint density at radius 1 is 1.26 bits per heavy atom. The van der Waals surface area contributed by atoms with Crippen LogP contribution in [0, 0.1) is 23.6 Å². The van der Waals surface area contributed by atoms with Crippen molar-refractivity contribution in [2.45, 2.75) is 44.2 Å². The fraction of sp³-hybridized carbons (Fsp3) is 0.611. The van der Waals surface area contributed by atoms with Gasteiger partial charge in [-0.3, -0.25) is 4.79 Å². The molecular weight excluding hydrogens is 297 g/mol. The summed E-state index contributed by atoms with van der Waals surface area (Å²) in [5, 5.41) is 12.5. The highest BCUT2D eigenvalue weighted by molar-refractivity contribution is 5.95. The molecule has 2 saturated carbocycles. The molecule has 3 aliphatic rings. The van der Waals surface area contributed by atoms with Crippen LogP contribution in [0.4, 0.5) is 4.39 Å². The molecule has 0 unspecified atom stereocenters. The molecule has 0 spiro atoms. The first-order chi connectivity index (χ1) is 11.1. The first-order valence-corrected chi connectivity index (χ1v) is 8.56. The minimum Gasteiger partial charge on any atom is -0.508 e. The molecule has 1 amide bonds. The average molecular weight is 319 g/mol. The highest BCUT2D eigenvalue weighted by Crippen LogP contribution is 2.51. The summed E-state index contributed by atoms with van der Waals surface area (Å²) < 4.78 is 19.7. The number of benzene rings is 1. The fourth-order valence-electron chi connectivity index (χ4n) is 4.78. The van der Waals surface area contributed by atoms with Gasteiger partial charge in [0.05, 0.1) is 11.7 Å². The van der Waals surface area contributed by atoms with Crippen LogP contribution in [0.15, 0.2) is 18.2 Å². The van der Waals surface area contributed by atoms with Gasteiger partial charge in [-0.15, -0.1) is 0 Å². The monoisotopic (exact) mass is 319 g/mol. The molecule has 0 aromatic heterocycles. The number of amides is 1. The minimum atomic E-state index is -0.601. The molecule has 1 heterocycles. The zero-order chi connectivity index (χ0) is 16.0. The van der Waals surface area contributed by atoms with Crippen LogP contribution in [-0.4, -0.2) is 29.8 Å². The Morgan fingerprint density at radius 2 is 2.04 bits per heavy atom. The van der Waals surface area contributed by atoms with E-state index in [1.165, 1.54) is 37.8 Å². The van der Waals surface area contributed by atoms with Crippen LogP contribution in [0.25, 0.3) is 0 Å². The largest absolute Gasteiger partial charge is 0.508 e. The normalized spacial score (nSPS) is 33.3. The first-order valence-electron chi connectivity index (χ1n) is 8.56. The number of aromatic hydroxyl groups is 1. The lowest BCUT2D eigenvalue weighted by Gasteiger charge is -2.50. The van der Waals surface area contributed by atoms with E-state index in [9.17, 15) is 14.3 Å². The van der Waals surface area contributed by atoms with E-state index in [4.69, 9.17) is 4.74 Å². The molecule has 124 valence electrons. The van der Waals surface area contributed by atoms with Crippen molar-refractivity contribution in [3.63, 3.8) is 0 Å². The molecule has 1 aliphatic heterocycles. The van der Waals surface area contributed by atoms with Crippen molar-refractivity contribution >= 4 is 5.91 Å². The Morgan fingerprint density at radius 3 is 2.83 bits per heavy atom. The number of phenolic OH excluding ortho intramolecular Hbond substituents is 1. The molecule has 1 aromatic carbocycles. The quantitative estimate of drug-likeness (QED) is 0.901. The van der Waals surface area contributed by atoms with Gasteiger partial charge in [0, 0.05) is 24.5 Å². The zero-order valence-electron chi connectivity index (χ0n) is 13.0. The molecule has 4 nitrogen and oxygen atoms in total. The lowest BCUT2D eigenvalue weighted by atomic mass is 9.61. The Hall–Kier alpha value is -1.62. The van der Waals surface area contributed by atoms with E-state index in [1.807, 2.05) is 0 Å². The Labute approximate surface area is 135 Å². The molecule has 2 aliphatic carbocycles. The van der Waals surface area contributed by atoms with Crippen LogP contribution < -0.4 is 5.32 Å². The van der Waals surface area contributed by atoms with E-state index in [-0.39, 0.29) is 23.5 Å². The Kier molecular flexibility index (Phi) is 3.76. The van der Waals surface area contributed by atoms with Crippen molar-refractivity contribution in [2.75, 3.05) is 6.61 Å². The third kappa shape index (κ3) is 2.51. The number of halogens is 1. The molecular formula is C18H22FNO3. The number of fused-ring (bicyclic) bond motifs is 1. The number of ether oxygens (including phenoxy) is 1. The average Bonchev–Trinajstić information content (AvgIpc) is 3.18. The molecule has 4 rings (SSSR count). The molecule has 1 saturated heterocycles. The molecule has 3 fully saturated rings. The van der Waals surface area contributed by atoms with Gasteiger partial charge >= 0.3 is 0 Å². The number of rotatable bonds is 3. The highest BCUT2D eigenvalue weighted by Gasteiger charge is 2.57. The highest BCUT2D eigenvalue weighted by atomic mass is 19.1. The second-order valence-electron chi connectivity index (χ2n) is 7.07. The number of hydrogen-bond acceptors (Lipinski definition) is 3. The molecule has 0 bridgehead atoms. The van der Waals surface area contributed by atoms with Crippen LogP contribution >= 0.6 is 0 Å². The maximum absolute atomic E-state index is 13.9. The summed E-state index contributed by atoms with van der Waals surface area (Å²) in [7, 11) is 0. The van der Waals surface area contributed by atoms with E-state index < -0.39 is 11.7 Å². The maximum atomic E-state index is 13.9. The number of hydrogen-bond donors (Lipinski definition) is 2. The summed E-state index contributed by atoms with van der Waals surface area (Å²) >= 11 is 0. The Bertz CT molecular complexity index is 610. The fourth-order valence-corrected chi connectivity index (χ4v) is 4.78. The van der Waals surface area contributed by atoms with Gasteiger partial charge in [-0.1, -0.05) is 25.7 Å². The topological polar surface area (TPSA) is 58.6 Å². The van der Waals surface area contributed by atoms with Crippen LogP contribution in [0.2, 0.25) is 0 Å². The summed E-state index contributed by atoms with van der Waals surface area (Å²) in [6.07, 6.45) is 6.12. The van der Waals surface area contributed by atoms with Gasteiger partial charge in [0.15, 0.2) is 0 Å². The second kappa shape index (κ2) is 5.78. The van der Waals surface area contributed by atoms with Crippen molar-refractivity contribution < 1.29 is 19.0 Å². The van der Waals surface area contributed by atoms with Crippen molar-refractivity contribution in [2.24, 2.45) is 17.8 Å². The summed E-state index contributed by atoms with van der Waals surface area (Å²) in [5.74, 6) is 0.181. The number of phenols is 1. The summed E-state index contributed by atoms with van der Waals surface area (Å²) in [6.45, 7) is 0.755. The predicted molar refractivity (Wildman–Crippen MR) is 82.6 cm³/mol. The number of carbonyl (C=O) groups is 1. The van der Waals surface area contributed by atoms with E-state index >= 15 is 0 Å². The third-order valence-electron chi connectivity index (χ3n) is 5.88. The second-order valence-corrected chi connectivity index (χ2v) is 7.07. The molecule has 1 aromatic rings. The van der Waals surface area contributed by atoms with Crippen LogP contribution in [-0.2, 0) is 4.74 Å². The predicted octanol–water partition coefficient (Wildman–Crippen LogP) is 2.85. The van der Waals surface area contributed by atoms with Crippen LogP contribution in [0.5, 0.6) is 5.75 Å². The van der Waals surface area contributed by atoms with Gasteiger partial charge in [0.2, 0.25) is 0 Å². The Balaban J connectivity index is 1.52. The summed E-state index contributed by atoms with van der Waals surface area (Å²) in [4.78, 5) is 12.5. The SMILES string of the molecule is O=C(N[C@H]1[C@@H]2CCO[C@@H]2[C@@H]1C1CCCC1)c1cc(O)ccc1F. The molecule has 23 heavy (non-hydrogen) atoms. The van der Waals surface area contributed by atoms with Crippen LogP contribution in [0.3, 0.4) is 0 Å². The van der Waals surface area contributed by atoms with Crippen molar-refractivity contribution in [3.05, 3.63) is 29.6 Å². The summed E-state index contributed by atoms with van der Waals surface area (Å²) in [5.41, 5.74) is -0.0856.